The van der Waals surface area contributed by atoms with Crippen LogP contribution in [-0.4, -0.2) is 62.0 Å². The fourth-order valence-electron chi connectivity index (χ4n) is 3.99. The molecular weight excluding hydrogens is 476 g/mol. The monoisotopic (exact) mass is 506 g/mol. The van der Waals surface area contributed by atoms with Crippen molar-refractivity contribution in [3.8, 4) is 5.75 Å². The van der Waals surface area contributed by atoms with E-state index < -0.39 is 27.5 Å². The number of hydrogen-bond acceptors (Lipinski definition) is 6. The Morgan fingerprint density at radius 2 is 1.76 bits per heavy atom. The summed E-state index contributed by atoms with van der Waals surface area (Å²) >= 11 is 5.94. The lowest BCUT2D eigenvalue weighted by Gasteiger charge is -2.29. The summed E-state index contributed by atoms with van der Waals surface area (Å²) in [6.07, 6.45) is 0.818. The number of aliphatic hydroxyl groups excluding tert-OH is 1. The molecule has 0 spiro atoms. The van der Waals surface area contributed by atoms with Crippen LogP contribution < -0.4 is 4.74 Å². The van der Waals surface area contributed by atoms with Gasteiger partial charge in [-0.1, -0.05) is 44.5 Å². The molecular formula is C25H31ClN2O5S. The van der Waals surface area contributed by atoms with E-state index in [0.717, 1.165) is 19.5 Å². The van der Waals surface area contributed by atoms with Crippen molar-refractivity contribution >= 4 is 27.3 Å². The lowest BCUT2D eigenvalue weighted by atomic mass is 10.1. The minimum absolute atomic E-state index is 0.0415. The first-order valence-corrected chi connectivity index (χ1v) is 13.3. The number of carbonyl (C=O) groups excluding carboxylic acids is 1. The molecule has 0 saturated heterocycles. The van der Waals surface area contributed by atoms with Gasteiger partial charge >= 0.3 is 0 Å². The summed E-state index contributed by atoms with van der Waals surface area (Å²) in [6.45, 7) is 8.93. The molecule has 0 aliphatic carbocycles. The van der Waals surface area contributed by atoms with Crippen molar-refractivity contribution in [1.82, 2.24) is 9.80 Å². The number of carbonyl (C=O) groups is 1. The summed E-state index contributed by atoms with van der Waals surface area (Å²) in [5, 5.41) is 11.2. The number of nitrogens with zero attached hydrogens (tertiary/aromatic N) is 2. The average Bonchev–Trinajstić information content (AvgIpc) is 3.09. The van der Waals surface area contributed by atoms with Gasteiger partial charge in [-0.2, -0.15) is 0 Å². The summed E-state index contributed by atoms with van der Waals surface area (Å²) in [5.74, 6) is -0.880. The first kappa shape index (κ1) is 26.1. The Morgan fingerprint density at radius 1 is 1.09 bits per heavy atom. The Hall–Kier alpha value is -2.55. The second-order valence-corrected chi connectivity index (χ2v) is 10.4. The maximum absolute atomic E-state index is 13.7. The quantitative estimate of drug-likeness (QED) is 0.479. The molecule has 1 unspecified atom stereocenters. The number of hydrogen-bond donors (Lipinski definition) is 1. The molecule has 184 valence electrons. The van der Waals surface area contributed by atoms with Crippen molar-refractivity contribution in [2.24, 2.45) is 0 Å². The molecule has 1 aliphatic heterocycles. The molecule has 1 amide bonds. The van der Waals surface area contributed by atoms with Crippen LogP contribution in [0.25, 0.3) is 0 Å². The lowest BCUT2D eigenvalue weighted by molar-refractivity contribution is -0.129. The number of rotatable bonds is 11. The summed E-state index contributed by atoms with van der Waals surface area (Å²) in [5.41, 5.74) is 0.554. The highest BCUT2D eigenvalue weighted by atomic mass is 35.5. The largest absolute Gasteiger partial charge is 0.502 e. The van der Waals surface area contributed by atoms with Gasteiger partial charge in [-0.05, 0) is 61.5 Å². The van der Waals surface area contributed by atoms with Crippen LogP contribution in [0, 0.1) is 0 Å². The number of aliphatic hydroxyl groups is 1. The minimum atomic E-state index is -4.19. The third-order valence-corrected chi connectivity index (χ3v) is 8.01. The van der Waals surface area contributed by atoms with Gasteiger partial charge in [0.25, 0.3) is 5.91 Å². The number of likely N-dealkylation sites (N-methyl/N-ethyl adjacent to an activating group) is 1. The Morgan fingerprint density at radius 3 is 2.38 bits per heavy atom. The molecule has 34 heavy (non-hydrogen) atoms. The van der Waals surface area contributed by atoms with Crippen molar-refractivity contribution in [3.05, 3.63) is 69.8 Å². The molecule has 1 heterocycles. The predicted octanol–water partition coefficient (Wildman–Crippen LogP) is 4.60. The van der Waals surface area contributed by atoms with E-state index in [1.807, 2.05) is 20.8 Å². The van der Waals surface area contributed by atoms with Gasteiger partial charge in [0.05, 0.1) is 17.5 Å². The molecule has 2 aromatic rings. The van der Waals surface area contributed by atoms with Gasteiger partial charge in [-0.25, -0.2) is 8.42 Å². The molecule has 0 aromatic heterocycles. The summed E-state index contributed by atoms with van der Waals surface area (Å²) in [6, 6.07) is 11.7. The van der Waals surface area contributed by atoms with Crippen molar-refractivity contribution in [3.63, 3.8) is 0 Å². The zero-order valence-corrected chi connectivity index (χ0v) is 21.3. The van der Waals surface area contributed by atoms with Crippen LogP contribution in [0.15, 0.2) is 64.1 Å². The van der Waals surface area contributed by atoms with E-state index in [9.17, 15) is 18.3 Å². The Balaban J connectivity index is 2.10. The van der Waals surface area contributed by atoms with Crippen LogP contribution in [-0.2, 0) is 14.6 Å². The maximum Gasteiger partial charge on any atom is 0.290 e. The molecule has 1 aliphatic rings. The Kier molecular flexibility index (Phi) is 8.62. The summed E-state index contributed by atoms with van der Waals surface area (Å²) < 4.78 is 33.1. The molecule has 7 nitrogen and oxygen atoms in total. The topological polar surface area (TPSA) is 87.2 Å². The van der Waals surface area contributed by atoms with Gasteiger partial charge in [0, 0.05) is 18.1 Å². The number of benzene rings is 2. The smallest absolute Gasteiger partial charge is 0.290 e. The van der Waals surface area contributed by atoms with Crippen molar-refractivity contribution in [2.75, 3.05) is 32.8 Å². The van der Waals surface area contributed by atoms with Gasteiger partial charge in [0.2, 0.25) is 9.84 Å². The first-order valence-electron chi connectivity index (χ1n) is 11.4. The second kappa shape index (κ2) is 11.3. The molecule has 1 atom stereocenters. The molecule has 3 rings (SSSR count). The van der Waals surface area contributed by atoms with E-state index in [2.05, 4.69) is 4.90 Å². The minimum Gasteiger partial charge on any atom is -0.502 e. The SMILES string of the molecule is CCCOc1cccc(C2C(S(=O)(=O)c3ccc(Cl)cc3)=C(O)C(=O)N2CCN(CC)CC)c1. The number of ether oxygens (including phenoxy) is 1. The first-order chi connectivity index (χ1) is 16.2. The number of halogens is 1. The summed E-state index contributed by atoms with van der Waals surface area (Å²) in [4.78, 5) is 16.4. The van der Waals surface area contributed by atoms with Crippen LogP contribution in [0.4, 0.5) is 0 Å². The Bertz CT molecular complexity index is 1140. The molecule has 0 bridgehead atoms. The zero-order valence-electron chi connectivity index (χ0n) is 19.7. The van der Waals surface area contributed by atoms with Crippen LogP contribution in [0.5, 0.6) is 5.75 Å². The molecule has 1 N–H and O–H groups in total. The maximum atomic E-state index is 13.7. The van der Waals surface area contributed by atoms with E-state index in [1.165, 1.54) is 29.2 Å². The number of sulfone groups is 1. The molecule has 0 saturated carbocycles. The van der Waals surface area contributed by atoms with Crippen molar-refractivity contribution in [1.29, 1.82) is 0 Å². The molecule has 0 radical (unpaired) electrons. The Labute approximate surface area is 206 Å². The van der Waals surface area contributed by atoms with Crippen LogP contribution in [0.1, 0.15) is 38.8 Å². The van der Waals surface area contributed by atoms with E-state index in [-0.39, 0.29) is 16.3 Å². The molecule has 9 heteroatoms. The van der Waals surface area contributed by atoms with Gasteiger partial charge in [-0.3, -0.25) is 4.79 Å². The van der Waals surface area contributed by atoms with Gasteiger partial charge in [-0.15, -0.1) is 0 Å². The molecule has 0 fully saturated rings. The predicted molar refractivity (Wildman–Crippen MR) is 133 cm³/mol. The van der Waals surface area contributed by atoms with E-state index in [1.54, 1.807) is 24.3 Å². The van der Waals surface area contributed by atoms with Crippen LogP contribution in [0.3, 0.4) is 0 Å². The van der Waals surface area contributed by atoms with Gasteiger partial charge < -0.3 is 19.6 Å². The highest BCUT2D eigenvalue weighted by molar-refractivity contribution is 7.95. The summed E-state index contributed by atoms with van der Waals surface area (Å²) in [7, 11) is -4.19. The van der Waals surface area contributed by atoms with Gasteiger partial charge in [0.1, 0.15) is 10.7 Å². The standard InChI is InChI=1S/C25H31ClN2O5S/c1-4-16-33-20-9-7-8-18(17-20)22-24(34(31,32)21-12-10-19(26)11-13-21)23(29)25(30)28(22)15-14-27(5-2)6-3/h7-13,17,22,29H,4-6,14-16H2,1-3H3. The zero-order chi connectivity index (χ0) is 24.9. The van der Waals surface area contributed by atoms with E-state index >= 15 is 0 Å². The van der Waals surface area contributed by atoms with Crippen molar-refractivity contribution in [2.45, 2.75) is 38.1 Å². The van der Waals surface area contributed by atoms with E-state index in [0.29, 0.717) is 29.5 Å². The third kappa shape index (κ3) is 5.40. The second-order valence-electron chi connectivity index (χ2n) is 8.02. The number of amides is 1. The average molecular weight is 507 g/mol. The van der Waals surface area contributed by atoms with Crippen LogP contribution >= 0.6 is 11.6 Å². The lowest BCUT2D eigenvalue weighted by Crippen LogP contribution is -2.38. The van der Waals surface area contributed by atoms with E-state index in [4.69, 9.17) is 16.3 Å². The fourth-order valence-corrected chi connectivity index (χ4v) is 5.76. The fraction of sp³-hybridized carbons (Fsp3) is 0.400. The molecule has 2 aromatic carbocycles. The van der Waals surface area contributed by atoms with Crippen LogP contribution in [0.2, 0.25) is 5.02 Å². The highest BCUT2D eigenvalue weighted by Crippen LogP contribution is 2.43. The highest BCUT2D eigenvalue weighted by Gasteiger charge is 2.46. The van der Waals surface area contributed by atoms with Gasteiger partial charge in [0.15, 0.2) is 5.76 Å². The normalized spacial score (nSPS) is 16.6. The third-order valence-electron chi connectivity index (χ3n) is 5.87. The van der Waals surface area contributed by atoms with Crippen molar-refractivity contribution < 1.29 is 23.1 Å².